The van der Waals surface area contributed by atoms with Crippen molar-refractivity contribution in [1.82, 2.24) is 5.32 Å². The summed E-state index contributed by atoms with van der Waals surface area (Å²) >= 11 is 0. The maximum atomic E-state index is 12.3. The van der Waals surface area contributed by atoms with E-state index < -0.39 is 10.0 Å². The molecule has 1 amide bonds. The van der Waals surface area contributed by atoms with E-state index in [0.717, 1.165) is 12.0 Å². The maximum Gasteiger partial charge on any atom is 0.232 e. The Hall–Kier alpha value is -2.74. The van der Waals surface area contributed by atoms with Crippen LogP contribution in [-0.2, 0) is 20.2 Å². The van der Waals surface area contributed by atoms with Crippen LogP contribution in [0.15, 0.2) is 48.5 Å². The van der Waals surface area contributed by atoms with Crippen LogP contribution in [0.1, 0.15) is 39.2 Å². The van der Waals surface area contributed by atoms with Crippen LogP contribution < -0.4 is 19.1 Å². The average Bonchev–Trinajstić information content (AvgIpc) is 2.73. The van der Waals surface area contributed by atoms with Crippen molar-refractivity contribution >= 4 is 21.6 Å². The number of hydrogen-bond donors (Lipinski definition) is 1. The van der Waals surface area contributed by atoms with Crippen molar-refractivity contribution in [3.8, 4) is 11.5 Å². The molecule has 0 spiro atoms. The Kier molecular flexibility index (Phi) is 8.95. The minimum absolute atomic E-state index is 0.0881. The van der Waals surface area contributed by atoms with E-state index in [9.17, 15) is 13.2 Å². The van der Waals surface area contributed by atoms with Gasteiger partial charge in [-0.05, 0) is 41.7 Å². The van der Waals surface area contributed by atoms with Crippen molar-refractivity contribution in [2.45, 2.75) is 39.0 Å². The Labute approximate surface area is 191 Å². The van der Waals surface area contributed by atoms with E-state index in [1.54, 1.807) is 24.3 Å². The summed E-state index contributed by atoms with van der Waals surface area (Å²) in [6.45, 7) is 7.39. The molecule has 0 atom stereocenters. The summed E-state index contributed by atoms with van der Waals surface area (Å²) in [7, 11) is -2.02. The van der Waals surface area contributed by atoms with Crippen molar-refractivity contribution in [1.29, 1.82) is 0 Å². The molecule has 1 N–H and O–H groups in total. The van der Waals surface area contributed by atoms with E-state index in [2.05, 4.69) is 26.1 Å². The van der Waals surface area contributed by atoms with Crippen LogP contribution in [0.25, 0.3) is 0 Å². The van der Waals surface area contributed by atoms with Crippen molar-refractivity contribution in [3.05, 3.63) is 54.1 Å². The van der Waals surface area contributed by atoms with E-state index in [1.807, 2.05) is 24.3 Å². The van der Waals surface area contributed by atoms with Crippen LogP contribution in [0.3, 0.4) is 0 Å². The van der Waals surface area contributed by atoms with Crippen molar-refractivity contribution in [3.63, 3.8) is 0 Å². The Balaban J connectivity index is 1.77. The summed E-state index contributed by atoms with van der Waals surface area (Å²) in [5.74, 6) is 1.08. The number of ether oxygens (including phenoxy) is 2. The number of carbonyl (C=O) groups is 1. The lowest BCUT2D eigenvalue weighted by Gasteiger charge is -2.24. The zero-order valence-electron chi connectivity index (χ0n) is 19.6. The molecule has 0 aromatic heterocycles. The predicted octanol–water partition coefficient (Wildman–Crippen LogP) is 3.73. The number of para-hydroxylation sites is 2. The molecule has 176 valence electrons. The first-order chi connectivity index (χ1) is 15.0. The molecule has 0 bridgehead atoms. The fourth-order valence-corrected chi connectivity index (χ4v) is 4.15. The summed E-state index contributed by atoms with van der Waals surface area (Å²) in [5, 5.41) is 2.81. The zero-order valence-corrected chi connectivity index (χ0v) is 20.4. The second-order valence-electron chi connectivity index (χ2n) is 8.58. The van der Waals surface area contributed by atoms with E-state index in [4.69, 9.17) is 9.47 Å². The van der Waals surface area contributed by atoms with Crippen LogP contribution >= 0.6 is 0 Å². The van der Waals surface area contributed by atoms with Crippen LogP contribution in [0, 0.1) is 0 Å². The topological polar surface area (TPSA) is 84.9 Å². The SMILES string of the molecule is COc1ccccc1N(CCCC(=O)NCCOc1ccc(C(C)(C)C)cc1)S(C)(=O)=O. The van der Waals surface area contributed by atoms with Gasteiger partial charge in [0.05, 0.1) is 25.6 Å². The third-order valence-electron chi connectivity index (χ3n) is 4.93. The summed E-state index contributed by atoms with van der Waals surface area (Å²) in [5.41, 5.74) is 1.78. The molecule has 0 saturated carbocycles. The molecule has 0 radical (unpaired) electrons. The highest BCUT2D eigenvalue weighted by atomic mass is 32.2. The quantitative estimate of drug-likeness (QED) is 0.514. The van der Waals surface area contributed by atoms with E-state index >= 15 is 0 Å². The minimum Gasteiger partial charge on any atom is -0.495 e. The molecule has 2 aromatic rings. The molecule has 8 heteroatoms. The lowest BCUT2D eigenvalue weighted by atomic mass is 9.87. The molecule has 32 heavy (non-hydrogen) atoms. The number of benzene rings is 2. The van der Waals surface area contributed by atoms with E-state index in [-0.39, 0.29) is 24.3 Å². The van der Waals surface area contributed by atoms with Crippen LogP contribution in [0.5, 0.6) is 11.5 Å². The van der Waals surface area contributed by atoms with Crippen molar-refractivity contribution in [2.24, 2.45) is 0 Å². The number of nitrogens with zero attached hydrogens (tertiary/aromatic N) is 1. The summed E-state index contributed by atoms with van der Waals surface area (Å²) in [6.07, 6.45) is 1.73. The molecule has 0 heterocycles. The maximum absolute atomic E-state index is 12.3. The molecule has 0 unspecified atom stereocenters. The first-order valence-electron chi connectivity index (χ1n) is 10.6. The number of sulfonamides is 1. The number of rotatable bonds is 11. The fourth-order valence-electron chi connectivity index (χ4n) is 3.18. The largest absolute Gasteiger partial charge is 0.495 e. The molecule has 2 rings (SSSR count). The van der Waals surface area contributed by atoms with Gasteiger partial charge in [0.2, 0.25) is 15.9 Å². The van der Waals surface area contributed by atoms with Gasteiger partial charge >= 0.3 is 0 Å². The van der Waals surface area contributed by atoms with Gasteiger partial charge in [0, 0.05) is 13.0 Å². The van der Waals surface area contributed by atoms with Crippen LogP contribution in [0.2, 0.25) is 0 Å². The molecule has 2 aromatic carbocycles. The first kappa shape index (κ1) is 25.5. The molecular formula is C24H34N2O5S. The zero-order chi connectivity index (χ0) is 23.8. The number of carbonyl (C=O) groups excluding carboxylic acids is 1. The van der Waals surface area contributed by atoms with Gasteiger partial charge in [-0.25, -0.2) is 8.42 Å². The number of methoxy groups -OCH3 is 1. The Bertz CT molecular complexity index is 982. The fraction of sp³-hybridized carbons (Fsp3) is 0.458. The normalized spacial score (nSPS) is 11.7. The molecule has 0 aliphatic carbocycles. The highest BCUT2D eigenvalue weighted by Gasteiger charge is 2.20. The minimum atomic E-state index is -3.51. The molecule has 0 aliphatic heterocycles. The average molecular weight is 463 g/mol. The molecule has 0 fully saturated rings. The summed E-state index contributed by atoms with van der Waals surface area (Å²) in [4.78, 5) is 12.1. The number of nitrogens with one attached hydrogen (secondary N) is 1. The molecule has 7 nitrogen and oxygen atoms in total. The second-order valence-corrected chi connectivity index (χ2v) is 10.5. The molecule has 0 aliphatic rings. The van der Waals surface area contributed by atoms with Gasteiger partial charge in [-0.3, -0.25) is 9.10 Å². The Morgan fingerprint density at radius 2 is 1.72 bits per heavy atom. The second kappa shape index (κ2) is 11.2. The molecular weight excluding hydrogens is 428 g/mol. The van der Waals surface area contributed by atoms with Gasteiger partial charge in [0.25, 0.3) is 0 Å². The summed E-state index contributed by atoms with van der Waals surface area (Å²) < 4.78 is 36.7. The van der Waals surface area contributed by atoms with Crippen LogP contribution in [0.4, 0.5) is 5.69 Å². The number of hydrogen-bond acceptors (Lipinski definition) is 5. The summed E-state index contributed by atoms with van der Waals surface area (Å²) in [6, 6.07) is 14.9. The van der Waals surface area contributed by atoms with Gasteiger partial charge in [0.1, 0.15) is 18.1 Å². The third kappa shape index (κ3) is 7.75. The monoisotopic (exact) mass is 462 g/mol. The van der Waals surface area contributed by atoms with Gasteiger partial charge in [-0.1, -0.05) is 45.0 Å². The first-order valence-corrected chi connectivity index (χ1v) is 12.5. The van der Waals surface area contributed by atoms with Gasteiger partial charge < -0.3 is 14.8 Å². The van der Waals surface area contributed by atoms with Crippen molar-refractivity contribution in [2.75, 3.05) is 37.4 Å². The Morgan fingerprint density at radius 3 is 2.31 bits per heavy atom. The smallest absolute Gasteiger partial charge is 0.232 e. The van der Waals surface area contributed by atoms with E-state index in [1.165, 1.54) is 17.0 Å². The predicted molar refractivity (Wildman–Crippen MR) is 128 cm³/mol. The highest BCUT2D eigenvalue weighted by molar-refractivity contribution is 7.92. The highest BCUT2D eigenvalue weighted by Crippen LogP contribution is 2.29. The van der Waals surface area contributed by atoms with Gasteiger partial charge in [0.15, 0.2) is 0 Å². The molecule has 0 saturated heterocycles. The number of amides is 1. The lowest BCUT2D eigenvalue weighted by Crippen LogP contribution is -2.33. The Morgan fingerprint density at radius 1 is 1.06 bits per heavy atom. The standard InChI is InChI=1S/C24H34N2O5S/c1-24(2,3)19-12-14-20(15-13-19)31-18-16-25-23(27)11-8-17-26(32(5,28)29)21-9-6-7-10-22(21)30-4/h6-7,9-10,12-15H,8,11,16-18H2,1-5H3,(H,25,27). The van der Waals surface area contributed by atoms with Gasteiger partial charge in [-0.2, -0.15) is 0 Å². The van der Waals surface area contributed by atoms with Crippen molar-refractivity contribution < 1.29 is 22.7 Å². The van der Waals surface area contributed by atoms with Crippen LogP contribution in [-0.4, -0.2) is 47.4 Å². The van der Waals surface area contributed by atoms with Gasteiger partial charge in [-0.15, -0.1) is 0 Å². The van der Waals surface area contributed by atoms with E-state index in [0.29, 0.717) is 31.0 Å². The number of anilines is 1. The lowest BCUT2D eigenvalue weighted by molar-refractivity contribution is -0.121. The third-order valence-corrected chi connectivity index (χ3v) is 6.11.